The molecule has 1 aliphatic rings. The maximum Gasteiger partial charge on any atom is 0.168 e. The van der Waals surface area contributed by atoms with Crippen LogP contribution in [0, 0.1) is 0 Å². The summed E-state index contributed by atoms with van der Waals surface area (Å²) in [6, 6.07) is 1.64. The maximum absolute atomic E-state index is 12.5. The molecule has 1 atom stereocenters. The highest BCUT2D eigenvalue weighted by atomic mass is 35.5. The lowest BCUT2D eigenvalue weighted by atomic mass is 10.4. The zero-order chi connectivity index (χ0) is 10.3. The van der Waals surface area contributed by atoms with Crippen molar-refractivity contribution in [1.29, 1.82) is 0 Å². The first-order valence-electron chi connectivity index (χ1n) is 3.84. The minimum absolute atomic E-state index is 0.104. The van der Waals surface area contributed by atoms with Crippen LogP contribution < -0.4 is 9.62 Å². The lowest BCUT2D eigenvalue weighted by Gasteiger charge is -2.15. The Morgan fingerprint density at radius 3 is 3.00 bits per heavy atom. The van der Waals surface area contributed by atoms with E-state index in [1.807, 2.05) is 6.92 Å². The second-order valence-corrected chi connectivity index (χ2v) is 4.14. The predicted octanol–water partition coefficient (Wildman–Crippen LogP) is 3.50. The molecule has 2 rings (SSSR count). The molecule has 0 saturated carbocycles. The van der Waals surface area contributed by atoms with Crippen molar-refractivity contribution in [2.75, 3.05) is 9.62 Å². The van der Waals surface area contributed by atoms with Crippen LogP contribution in [0.3, 0.4) is 0 Å². The van der Waals surface area contributed by atoms with Crippen LogP contribution in [0.25, 0.3) is 0 Å². The van der Waals surface area contributed by atoms with E-state index in [4.69, 9.17) is 23.2 Å². The minimum atomic E-state index is -0.165. The third-order valence-electron chi connectivity index (χ3n) is 1.91. The van der Waals surface area contributed by atoms with Crippen molar-refractivity contribution >= 4 is 47.0 Å². The van der Waals surface area contributed by atoms with Crippen LogP contribution >= 0.6 is 35.5 Å². The van der Waals surface area contributed by atoms with Crippen LogP contribution in [0.15, 0.2) is 6.07 Å². The van der Waals surface area contributed by atoms with E-state index < -0.39 is 0 Å². The molecular weight excluding hydrogens is 248 g/mol. The van der Waals surface area contributed by atoms with Gasteiger partial charge < -0.3 is 5.32 Å². The summed E-state index contributed by atoms with van der Waals surface area (Å²) in [7, 11) is 0. The van der Waals surface area contributed by atoms with Gasteiger partial charge in [0.15, 0.2) is 18.2 Å². The number of rotatable bonds is 1. The van der Waals surface area contributed by atoms with Gasteiger partial charge >= 0.3 is 0 Å². The molecule has 1 aliphatic heterocycles. The highest BCUT2D eigenvalue weighted by molar-refractivity contribution is 7.95. The zero-order valence-electron chi connectivity index (χ0n) is 7.09. The normalized spacial score (nSPS) is 19.4. The second-order valence-electron chi connectivity index (χ2n) is 2.85. The molecule has 0 radical (unpaired) electrons. The van der Waals surface area contributed by atoms with Gasteiger partial charge in [-0.05, 0) is 13.0 Å². The quantitative estimate of drug-likeness (QED) is 0.613. The number of aromatic nitrogens is 1. The molecule has 76 valence electrons. The molecule has 0 aromatic carbocycles. The number of hydrogen-bond acceptors (Lipinski definition) is 4. The van der Waals surface area contributed by atoms with E-state index in [-0.39, 0.29) is 23.7 Å². The fraction of sp³-hybridized carbons (Fsp3) is 0.286. The van der Waals surface area contributed by atoms with E-state index >= 15 is 0 Å². The summed E-state index contributed by atoms with van der Waals surface area (Å²) >= 11 is 11.6. The van der Waals surface area contributed by atoms with Crippen molar-refractivity contribution in [2.45, 2.75) is 13.1 Å². The Balaban J connectivity index is 2.49. The molecule has 14 heavy (non-hydrogen) atoms. The second kappa shape index (κ2) is 3.64. The molecule has 0 amide bonds. The number of pyridine rings is 1. The Morgan fingerprint density at radius 1 is 1.64 bits per heavy atom. The molecule has 0 spiro atoms. The molecule has 3 nitrogen and oxygen atoms in total. The van der Waals surface area contributed by atoms with Gasteiger partial charge in [0.1, 0.15) is 11.3 Å². The van der Waals surface area contributed by atoms with Crippen molar-refractivity contribution in [3.05, 3.63) is 16.2 Å². The first-order valence-corrected chi connectivity index (χ1v) is 5.27. The van der Waals surface area contributed by atoms with Gasteiger partial charge in [0.25, 0.3) is 0 Å². The fourth-order valence-electron chi connectivity index (χ4n) is 1.29. The molecular formula is C7H6Cl2FN3S. The van der Waals surface area contributed by atoms with Gasteiger partial charge in [-0.25, -0.2) is 9.29 Å². The lowest BCUT2D eigenvalue weighted by molar-refractivity contribution is 0.846. The fourth-order valence-corrected chi connectivity index (χ4v) is 1.95. The molecule has 0 aliphatic carbocycles. The number of nitrogens with zero attached hydrogens (tertiary/aromatic N) is 2. The van der Waals surface area contributed by atoms with E-state index in [1.165, 1.54) is 4.31 Å². The highest BCUT2D eigenvalue weighted by Crippen LogP contribution is 2.40. The molecule has 0 bridgehead atoms. The Labute approximate surface area is 95.0 Å². The SMILES string of the molecule is CC1Nc2cc(Cl)c(Cl)nc2N1SF. The van der Waals surface area contributed by atoms with Gasteiger partial charge in [-0.15, -0.1) is 3.89 Å². The van der Waals surface area contributed by atoms with Crippen LogP contribution in [0.2, 0.25) is 10.2 Å². The summed E-state index contributed by atoms with van der Waals surface area (Å²) in [5.74, 6) is 0.472. The van der Waals surface area contributed by atoms with Gasteiger partial charge in [0.2, 0.25) is 0 Å². The highest BCUT2D eigenvalue weighted by Gasteiger charge is 2.29. The lowest BCUT2D eigenvalue weighted by Crippen LogP contribution is -2.25. The van der Waals surface area contributed by atoms with Crippen molar-refractivity contribution < 1.29 is 3.89 Å². The van der Waals surface area contributed by atoms with Gasteiger partial charge in [0, 0.05) is 0 Å². The van der Waals surface area contributed by atoms with Crippen molar-refractivity contribution in [3.8, 4) is 0 Å². The Morgan fingerprint density at radius 2 is 2.36 bits per heavy atom. The zero-order valence-corrected chi connectivity index (χ0v) is 9.42. The molecule has 7 heteroatoms. The largest absolute Gasteiger partial charge is 0.362 e. The number of nitrogens with one attached hydrogen (secondary N) is 1. The minimum Gasteiger partial charge on any atom is -0.362 e. The first kappa shape index (κ1) is 10.1. The third-order valence-corrected chi connectivity index (χ3v) is 3.22. The van der Waals surface area contributed by atoms with Crippen LogP contribution in [-0.2, 0) is 0 Å². The van der Waals surface area contributed by atoms with Crippen molar-refractivity contribution in [3.63, 3.8) is 0 Å². The Bertz CT molecular complexity index is 376. The van der Waals surface area contributed by atoms with Gasteiger partial charge in [0.05, 0.1) is 10.7 Å². The van der Waals surface area contributed by atoms with Gasteiger partial charge in [-0.3, -0.25) is 0 Å². The third kappa shape index (κ3) is 1.49. The summed E-state index contributed by atoms with van der Waals surface area (Å²) in [6.07, 6.45) is -0.165. The summed E-state index contributed by atoms with van der Waals surface area (Å²) in [6.45, 7) is 1.82. The smallest absolute Gasteiger partial charge is 0.168 e. The summed E-state index contributed by atoms with van der Waals surface area (Å²) in [5, 5.41) is 3.56. The standard InChI is InChI=1S/C7H6Cl2FN3S/c1-3-11-5-2-4(8)6(9)12-7(5)13(3)14-10/h2-3,11H,1H3. The predicted molar refractivity (Wildman–Crippen MR) is 58.5 cm³/mol. The van der Waals surface area contributed by atoms with Gasteiger partial charge in [-0.1, -0.05) is 23.2 Å². The Kier molecular flexibility index (Phi) is 2.64. The van der Waals surface area contributed by atoms with E-state index in [9.17, 15) is 3.89 Å². The average Bonchev–Trinajstić information content (AvgIpc) is 2.42. The molecule has 1 aromatic rings. The van der Waals surface area contributed by atoms with Crippen molar-refractivity contribution in [2.24, 2.45) is 0 Å². The molecule has 1 aromatic heterocycles. The monoisotopic (exact) mass is 253 g/mol. The van der Waals surface area contributed by atoms with E-state index in [1.54, 1.807) is 6.07 Å². The van der Waals surface area contributed by atoms with Crippen LogP contribution in [0.1, 0.15) is 6.92 Å². The topological polar surface area (TPSA) is 28.2 Å². The summed E-state index contributed by atoms with van der Waals surface area (Å²) in [4.78, 5) is 3.99. The van der Waals surface area contributed by atoms with Gasteiger partial charge in [-0.2, -0.15) is 0 Å². The van der Waals surface area contributed by atoms with E-state index in [0.717, 1.165) is 0 Å². The maximum atomic E-state index is 12.5. The van der Waals surface area contributed by atoms with Crippen LogP contribution in [0.4, 0.5) is 15.4 Å². The number of halogens is 3. The first-order chi connectivity index (χ1) is 6.63. The molecule has 2 heterocycles. The summed E-state index contributed by atoms with van der Waals surface area (Å²) in [5.41, 5.74) is 0.692. The van der Waals surface area contributed by atoms with Crippen LogP contribution in [-0.4, -0.2) is 11.1 Å². The van der Waals surface area contributed by atoms with Crippen LogP contribution in [0.5, 0.6) is 0 Å². The van der Waals surface area contributed by atoms with E-state index in [0.29, 0.717) is 16.5 Å². The average molecular weight is 254 g/mol. The number of hydrogen-bond donors (Lipinski definition) is 1. The molecule has 0 fully saturated rings. The summed E-state index contributed by atoms with van der Waals surface area (Å²) < 4.78 is 13.9. The molecule has 1 N–H and O–H groups in total. The number of fused-ring (bicyclic) bond motifs is 1. The Hall–Kier alpha value is -0.390. The molecule has 1 unspecified atom stereocenters. The van der Waals surface area contributed by atoms with E-state index in [2.05, 4.69) is 10.3 Å². The molecule has 0 saturated heterocycles. The number of anilines is 2. The van der Waals surface area contributed by atoms with Crippen molar-refractivity contribution in [1.82, 2.24) is 4.98 Å².